The summed E-state index contributed by atoms with van der Waals surface area (Å²) < 4.78 is 0. The largest absolute Gasteiger partial charge is 0.316 e. The topological polar surface area (TPSA) is 35.8 Å². The molecule has 14 heavy (non-hydrogen) atoms. The summed E-state index contributed by atoms with van der Waals surface area (Å²) >= 11 is 0. The number of rotatable bonds is 3. The van der Waals surface area contributed by atoms with Gasteiger partial charge in [-0.3, -0.25) is 0 Å². The molecule has 1 aromatic carbocycles. The highest BCUT2D eigenvalue weighted by atomic mass is 14.8. The van der Waals surface area contributed by atoms with Crippen molar-refractivity contribution in [2.45, 2.75) is 6.92 Å². The summed E-state index contributed by atoms with van der Waals surface area (Å²) in [5.74, 6) is 0. The number of nitrogens with one attached hydrogen (secondary N) is 1. The first-order chi connectivity index (χ1) is 6.77. The molecule has 0 aliphatic rings. The minimum absolute atomic E-state index is 0.708. The highest BCUT2D eigenvalue weighted by Crippen LogP contribution is 2.12. The van der Waals surface area contributed by atoms with Crippen LogP contribution in [0.3, 0.4) is 0 Å². The van der Waals surface area contributed by atoms with Crippen LogP contribution in [0.15, 0.2) is 24.3 Å². The van der Waals surface area contributed by atoms with Crippen LogP contribution in [0.1, 0.15) is 16.7 Å². The van der Waals surface area contributed by atoms with Crippen LogP contribution in [0.5, 0.6) is 0 Å². The van der Waals surface area contributed by atoms with E-state index in [2.05, 4.69) is 11.4 Å². The first-order valence-electron chi connectivity index (χ1n) is 4.60. The summed E-state index contributed by atoms with van der Waals surface area (Å²) in [5, 5.41) is 11.8. The molecule has 0 fully saturated rings. The van der Waals surface area contributed by atoms with E-state index in [-0.39, 0.29) is 0 Å². The number of nitrogens with zero attached hydrogens (tertiary/aromatic N) is 1. The van der Waals surface area contributed by atoms with Crippen LogP contribution in [0, 0.1) is 18.3 Å². The van der Waals surface area contributed by atoms with Gasteiger partial charge in [-0.15, -0.1) is 0 Å². The summed E-state index contributed by atoms with van der Waals surface area (Å²) in [4.78, 5) is 0. The Morgan fingerprint density at radius 1 is 1.50 bits per heavy atom. The van der Waals surface area contributed by atoms with Crippen molar-refractivity contribution < 1.29 is 0 Å². The molecule has 0 amide bonds. The van der Waals surface area contributed by atoms with Gasteiger partial charge in [-0.05, 0) is 37.2 Å². The molecule has 0 aliphatic heterocycles. The Labute approximate surface area is 84.9 Å². The van der Waals surface area contributed by atoms with Gasteiger partial charge in [0.25, 0.3) is 0 Å². The lowest BCUT2D eigenvalue weighted by Gasteiger charge is -2.00. The van der Waals surface area contributed by atoms with Gasteiger partial charge in [0.2, 0.25) is 0 Å². The Kier molecular flexibility index (Phi) is 3.90. The lowest BCUT2D eigenvalue weighted by atomic mass is 10.1. The zero-order valence-electron chi connectivity index (χ0n) is 8.54. The second-order valence-corrected chi connectivity index (χ2v) is 3.14. The third-order valence-corrected chi connectivity index (χ3v) is 2.03. The molecule has 1 aromatic rings. The SMILES string of the molecule is CNCC=Cc1cc(C#N)ccc1C. The minimum Gasteiger partial charge on any atom is -0.316 e. The van der Waals surface area contributed by atoms with Gasteiger partial charge in [-0.1, -0.05) is 18.2 Å². The van der Waals surface area contributed by atoms with Gasteiger partial charge in [0.1, 0.15) is 0 Å². The van der Waals surface area contributed by atoms with E-state index in [0.717, 1.165) is 12.1 Å². The van der Waals surface area contributed by atoms with Crippen molar-refractivity contribution in [2.24, 2.45) is 0 Å². The smallest absolute Gasteiger partial charge is 0.0991 e. The maximum absolute atomic E-state index is 8.74. The predicted molar refractivity (Wildman–Crippen MR) is 58.9 cm³/mol. The Hall–Kier alpha value is -1.59. The normalized spacial score (nSPS) is 10.4. The molecule has 0 unspecified atom stereocenters. The molecule has 1 N–H and O–H groups in total. The monoisotopic (exact) mass is 186 g/mol. The molecule has 0 heterocycles. The molecule has 0 aliphatic carbocycles. The molecule has 0 atom stereocenters. The van der Waals surface area contributed by atoms with E-state index in [0.29, 0.717) is 5.56 Å². The summed E-state index contributed by atoms with van der Waals surface area (Å²) in [6.45, 7) is 2.89. The highest BCUT2D eigenvalue weighted by molar-refractivity contribution is 5.56. The molecular formula is C12H14N2. The van der Waals surface area contributed by atoms with E-state index in [4.69, 9.17) is 5.26 Å². The number of nitriles is 1. The quantitative estimate of drug-likeness (QED) is 0.784. The molecule has 0 bridgehead atoms. The molecule has 0 radical (unpaired) electrons. The van der Waals surface area contributed by atoms with Crippen molar-refractivity contribution in [3.8, 4) is 6.07 Å². The Bertz CT molecular complexity index is 372. The minimum atomic E-state index is 0.708. The molecule has 0 spiro atoms. The summed E-state index contributed by atoms with van der Waals surface area (Å²) in [7, 11) is 1.91. The van der Waals surface area contributed by atoms with Crippen LogP contribution < -0.4 is 5.32 Å². The van der Waals surface area contributed by atoms with Gasteiger partial charge >= 0.3 is 0 Å². The van der Waals surface area contributed by atoms with E-state index in [9.17, 15) is 0 Å². The molecule has 2 nitrogen and oxygen atoms in total. The van der Waals surface area contributed by atoms with Crippen LogP contribution in [0.25, 0.3) is 6.08 Å². The van der Waals surface area contributed by atoms with Crippen molar-refractivity contribution in [3.63, 3.8) is 0 Å². The molecule has 0 saturated heterocycles. The number of aryl methyl sites for hydroxylation is 1. The van der Waals surface area contributed by atoms with Gasteiger partial charge < -0.3 is 5.32 Å². The zero-order chi connectivity index (χ0) is 10.4. The third kappa shape index (κ3) is 2.72. The molecule has 0 aromatic heterocycles. The average Bonchev–Trinajstić information content (AvgIpc) is 2.21. The van der Waals surface area contributed by atoms with Crippen molar-refractivity contribution in [1.29, 1.82) is 5.26 Å². The molecule has 2 heteroatoms. The lowest BCUT2D eigenvalue weighted by Crippen LogP contribution is -2.03. The van der Waals surface area contributed by atoms with Crippen LogP contribution >= 0.6 is 0 Å². The van der Waals surface area contributed by atoms with Crippen molar-refractivity contribution in [3.05, 3.63) is 41.0 Å². The van der Waals surface area contributed by atoms with Crippen LogP contribution in [-0.4, -0.2) is 13.6 Å². The Balaban J connectivity index is 2.90. The maximum atomic E-state index is 8.74. The molecule has 0 saturated carbocycles. The van der Waals surface area contributed by atoms with Gasteiger partial charge in [0, 0.05) is 6.54 Å². The summed E-state index contributed by atoms with van der Waals surface area (Å²) in [6.07, 6.45) is 4.08. The number of benzene rings is 1. The van der Waals surface area contributed by atoms with Gasteiger partial charge in [-0.25, -0.2) is 0 Å². The standard InChI is InChI=1S/C12H14N2/c1-10-5-6-11(9-13)8-12(10)4-3-7-14-2/h3-6,8,14H,7H2,1-2H3. The summed E-state index contributed by atoms with van der Waals surface area (Å²) in [5.41, 5.74) is 3.01. The molecular weight excluding hydrogens is 172 g/mol. The van der Waals surface area contributed by atoms with E-state index >= 15 is 0 Å². The van der Waals surface area contributed by atoms with Gasteiger partial charge in [-0.2, -0.15) is 5.26 Å². The van der Waals surface area contributed by atoms with Crippen LogP contribution in [-0.2, 0) is 0 Å². The Morgan fingerprint density at radius 3 is 2.93 bits per heavy atom. The fraction of sp³-hybridized carbons (Fsp3) is 0.250. The third-order valence-electron chi connectivity index (χ3n) is 2.03. The second-order valence-electron chi connectivity index (χ2n) is 3.14. The second kappa shape index (κ2) is 5.21. The van der Waals surface area contributed by atoms with E-state index in [1.54, 1.807) is 0 Å². The lowest BCUT2D eigenvalue weighted by molar-refractivity contribution is 0.922. The highest BCUT2D eigenvalue weighted by Gasteiger charge is 1.95. The molecule has 72 valence electrons. The van der Waals surface area contributed by atoms with Crippen molar-refractivity contribution in [2.75, 3.05) is 13.6 Å². The fourth-order valence-electron chi connectivity index (χ4n) is 1.19. The van der Waals surface area contributed by atoms with Crippen LogP contribution in [0.4, 0.5) is 0 Å². The first kappa shape index (κ1) is 10.5. The first-order valence-corrected chi connectivity index (χ1v) is 4.60. The number of hydrogen-bond acceptors (Lipinski definition) is 2. The van der Waals surface area contributed by atoms with Crippen molar-refractivity contribution >= 4 is 6.08 Å². The Morgan fingerprint density at radius 2 is 2.29 bits per heavy atom. The maximum Gasteiger partial charge on any atom is 0.0991 e. The number of likely N-dealkylation sites (N-methyl/N-ethyl adjacent to an activating group) is 1. The van der Waals surface area contributed by atoms with E-state index in [1.807, 2.05) is 44.3 Å². The van der Waals surface area contributed by atoms with Crippen molar-refractivity contribution in [1.82, 2.24) is 5.32 Å². The zero-order valence-corrected chi connectivity index (χ0v) is 8.54. The average molecular weight is 186 g/mol. The van der Waals surface area contributed by atoms with E-state index < -0.39 is 0 Å². The fourth-order valence-corrected chi connectivity index (χ4v) is 1.19. The van der Waals surface area contributed by atoms with Gasteiger partial charge in [0.05, 0.1) is 11.6 Å². The van der Waals surface area contributed by atoms with Crippen LogP contribution in [0.2, 0.25) is 0 Å². The number of hydrogen-bond donors (Lipinski definition) is 1. The molecule has 1 rings (SSSR count). The van der Waals surface area contributed by atoms with Gasteiger partial charge in [0.15, 0.2) is 0 Å². The van der Waals surface area contributed by atoms with E-state index in [1.165, 1.54) is 5.56 Å². The summed E-state index contributed by atoms with van der Waals surface area (Å²) in [6, 6.07) is 7.85. The predicted octanol–water partition coefficient (Wildman–Crippen LogP) is 2.10.